The number of carbonyl (C=O) groups is 1. The van der Waals surface area contributed by atoms with Crippen molar-refractivity contribution < 1.29 is 22.5 Å². The lowest BCUT2D eigenvalue weighted by Gasteiger charge is -2.10. The van der Waals surface area contributed by atoms with Crippen molar-refractivity contribution in [3.63, 3.8) is 0 Å². The number of nitrogens with zero attached hydrogens (tertiary/aromatic N) is 1. The minimum atomic E-state index is -4.43. The van der Waals surface area contributed by atoms with E-state index in [1.165, 1.54) is 21.6 Å². The Balaban J connectivity index is 2.43. The third-order valence-corrected chi connectivity index (χ3v) is 5.51. The summed E-state index contributed by atoms with van der Waals surface area (Å²) in [7, 11) is -0.636. The van der Waals surface area contributed by atoms with E-state index >= 15 is 0 Å². The number of methoxy groups -OCH3 is 1. The summed E-state index contributed by atoms with van der Waals surface area (Å²) < 4.78 is 35.3. The lowest BCUT2D eigenvalue weighted by molar-refractivity contribution is -0.140. The van der Waals surface area contributed by atoms with E-state index in [-0.39, 0.29) is 6.42 Å². The molecule has 0 aromatic carbocycles. The van der Waals surface area contributed by atoms with Gasteiger partial charge in [0, 0.05) is 11.9 Å². The lowest BCUT2D eigenvalue weighted by Crippen LogP contribution is -2.31. The Morgan fingerprint density at radius 1 is 1.53 bits per heavy atom. The Hall–Kier alpha value is -0.770. The third kappa shape index (κ3) is 5.81. The maximum atomic E-state index is 11.2. The predicted octanol–water partition coefficient (Wildman–Crippen LogP) is 1.64. The molecule has 0 radical (unpaired) electrons. The van der Waals surface area contributed by atoms with Crippen LogP contribution in [0, 0.1) is 0 Å². The van der Waals surface area contributed by atoms with Gasteiger partial charge < -0.3 is 4.74 Å². The molecule has 1 unspecified atom stereocenters. The second kappa shape index (κ2) is 7.73. The van der Waals surface area contributed by atoms with Gasteiger partial charge in [0.25, 0.3) is 10.1 Å². The van der Waals surface area contributed by atoms with Crippen LogP contribution in [0.25, 0.3) is 0 Å². The highest BCUT2D eigenvalue weighted by molar-refractivity contribution is 8.76. The summed E-state index contributed by atoms with van der Waals surface area (Å²) in [4.78, 5) is 15.3. The van der Waals surface area contributed by atoms with Crippen LogP contribution in [0.2, 0.25) is 0 Å². The second-order valence-electron chi connectivity index (χ2n) is 3.39. The highest BCUT2D eigenvalue weighted by Gasteiger charge is 2.31. The Bertz CT molecular complexity index is 505. The van der Waals surface area contributed by atoms with Gasteiger partial charge in [0.2, 0.25) is 0 Å². The molecule has 9 heteroatoms. The smallest absolute Gasteiger partial charge is 0.326 e. The fourth-order valence-electron chi connectivity index (χ4n) is 1.17. The van der Waals surface area contributed by atoms with Gasteiger partial charge in [-0.15, -0.1) is 0 Å². The first-order chi connectivity index (χ1) is 8.95. The quantitative estimate of drug-likeness (QED) is 0.350. The number of hydrogen-bond acceptors (Lipinski definition) is 7. The average molecular weight is 323 g/mol. The maximum absolute atomic E-state index is 11.2. The Morgan fingerprint density at radius 2 is 2.26 bits per heavy atom. The van der Waals surface area contributed by atoms with Crippen LogP contribution < -0.4 is 0 Å². The zero-order valence-electron chi connectivity index (χ0n) is 10.1. The van der Waals surface area contributed by atoms with Crippen molar-refractivity contribution in [1.29, 1.82) is 0 Å². The van der Waals surface area contributed by atoms with Crippen molar-refractivity contribution in [2.75, 3.05) is 12.9 Å². The second-order valence-corrected chi connectivity index (χ2v) is 7.42. The van der Waals surface area contributed by atoms with E-state index in [4.69, 9.17) is 4.55 Å². The van der Waals surface area contributed by atoms with Crippen molar-refractivity contribution in [2.24, 2.45) is 0 Å². The van der Waals surface area contributed by atoms with E-state index in [9.17, 15) is 13.2 Å². The summed E-state index contributed by atoms with van der Waals surface area (Å²) in [5.41, 5.74) is 0. The van der Waals surface area contributed by atoms with Gasteiger partial charge in [-0.3, -0.25) is 9.35 Å². The molecule has 1 aromatic heterocycles. The molecule has 1 heterocycles. The van der Waals surface area contributed by atoms with Crippen LogP contribution in [0.4, 0.5) is 0 Å². The highest BCUT2D eigenvalue weighted by Crippen LogP contribution is 2.30. The molecular formula is C10H13NO5S3. The van der Waals surface area contributed by atoms with Crippen LogP contribution in [0.3, 0.4) is 0 Å². The van der Waals surface area contributed by atoms with Gasteiger partial charge in [0.05, 0.1) is 7.11 Å². The first-order valence-corrected chi connectivity index (χ1v) is 9.02. The number of aromatic nitrogens is 1. The molecule has 0 aliphatic rings. The average Bonchev–Trinajstić information content (AvgIpc) is 2.37. The normalized spacial score (nSPS) is 12.9. The molecule has 0 saturated heterocycles. The fraction of sp³-hybridized carbons (Fsp3) is 0.400. The molecule has 0 saturated carbocycles. The summed E-state index contributed by atoms with van der Waals surface area (Å²) in [6.07, 6.45) is 1.63. The van der Waals surface area contributed by atoms with E-state index in [1.807, 2.05) is 12.1 Å². The summed E-state index contributed by atoms with van der Waals surface area (Å²) >= 11 is 0. The van der Waals surface area contributed by atoms with E-state index in [0.29, 0.717) is 5.75 Å². The molecule has 0 spiro atoms. The van der Waals surface area contributed by atoms with Crippen LogP contribution >= 0.6 is 21.6 Å². The summed E-state index contributed by atoms with van der Waals surface area (Å²) in [5.74, 6) is -0.591. The van der Waals surface area contributed by atoms with E-state index in [2.05, 4.69) is 9.72 Å². The number of pyridine rings is 1. The summed E-state index contributed by atoms with van der Waals surface area (Å²) in [5, 5.41) is -0.747. The van der Waals surface area contributed by atoms with Gasteiger partial charge in [-0.2, -0.15) is 8.42 Å². The molecule has 19 heavy (non-hydrogen) atoms. The van der Waals surface area contributed by atoms with E-state index in [0.717, 1.165) is 12.1 Å². The zero-order valence-corrected chi connectivity index (χ0v) is 12.5. The number of esters is 1. The van der Waals surface area contributed by atoms with Gasteiger partial charge in [-0.25, -0.2) is 4.98 Å². The van der Waals surface area contributed by atoms with Crippen LogP contribution in [0.1, 0.15) is 6.42 Å². The highest BCUT2D eigenvalue weighted by atomic mass is 33.1. The van der Waals surface area contributed by atoms with Crippen molar-refractivity contribution >= 4 is 37.7 Å². The topological polar surface area (TPSA) is 93.6 Å². The van der Waals surface area contributed by atoms with Crippen molar-refractivity contribution in [3.05, 3.63) is 24.4 Å². The molecule has 1 N–H and O–H groups in total. The first-order valence-electron chi connectivity index (χ1n) is 5.19. The van der Waals surface area contributed by atoms with Gasteiger partial charge >= 0.3 is 5.97 Å². The van der Waals surface area contributed by atoms with Gasteiger partial charge in [0.1, 0.15) is 5.03 Å². The Labute approximate surface area is 119 Å². The molecule has 1 atom stereocenters. The minimum absolute atomic E-state index is 0.0179. The van der Waals surface area contributed by atoms with E-state index < -0.39 is 21.3 Å². The van der Waals surface area contributed by atoms with Crippen LogP contribution in [-0.2, 0) is 19.6 Å². The number of hydrogen-bond donors (Lipinski definition) is 1. The molecule has 0 amide bonds. The largest absolute Gasteiger partial charge is 0.468 e. The van der Waals surface area contributed by atoms with Gasteiger partial charge in [-0.05, 0) is 29.3 Å². The molecule has 0 aliphatic carbocycles. The molecule has 1 rings (SSSR count). The standard InChI is InChI=1S/C10H13NO5S3/c1-16-10(12)8(19(13,14)15)5-7-17-18-9-4-2-3-6-11-9/h2-4,6,8H,5,7H2,1H3,(H,13,14,15). The molecule has 0 bridgehead atoms. The van der Waals surface area contributed by atoms with Crippen molar-refractivity contribution in [1.82, 2.24) is 4.98 Å². The number of ether oxygens (including phenoxy) is 1. The molecule has 106 valence electrons. The monoisotopic (exact) mass is 323 g/mol. The number of carbonyl (C=O) groups excluding carboxylic acids is 1. The van der Waals surface area contributed by atoms with Crippen molar-refractivity contribution in [3.8, 4) is 0 Å². The molecule has 1 aromatic rings. The zero-order chi connectivity index (χ0) is 14.3. The summed E-state index contributed by atoms with van der Waals surface area (Å²) in [6, 6.07) is 5.45. The molecule has 0 fully saturated rings. The van der Waals surface area contributed by atoms with Crippen LogP contribution in [-0.4, -0.2) is 42.0 Å². The van der Waals surface area contributed by atoms with Gasteiger partial charge in [-0.1, -0.05) is 16.9 Å². The Morgan fingerprint density at radius 3 is 2.79 bits per heavy atom. The van der Waals surface area contributed by atoms with Gasteiger partial charge in [0.15, 0.2) is 5.25 Å². The Kier molecular flexibility index (Phi) is 6.63. The lowest BCUT2D eigenvalue weighted by atomic mass is 10.3. The van der Waals surface area contributed by atoms with Crippen molar-refractivity contribution in [2.45, 2.75) is 16.7 Å². The molecular weight excluding hydrogens is 310 g/mol. The fourth-order valence-corrected chi connectivity index (χ4v) is 4.05. The van der Waals surface area contributed by atoms with Crippen LogP contribution in [0.15, 0.2) is 29.4 Å². The molecule has 0 aliphatic heterocycles. The maximum Gasteiger partial charge on any atom is 0.326 e. The first kappa shape index (κ1) is 16.3. The third-order valence-electron chi connectivity index (χ3n) is 2.07. The number of rotatable bonds is 7. The van der Waals surface area contributed by atoms with Crippen LogP contribution in [0.5, 0.6) is 0 Å². The summed E-state index contributed by atoms with van der Waals surface area (Å²) in [6.45, 7) is 0. The molecule has 6 nitrogen and oxygen atoms in total. The minimum Gasteiger partial charge on any atom is -0.468 e. The predicted molar refractivity (Wildman–Crippen MR) is 74.5 cm³/mol. The SMILES string of the molecule is COC(=O)C(CCSSc1ccccn1)S(=O)(=O)O. The van der Waals surface area contributed by atoms with E-state index in [1.54, 1.807) is 12.3 Å².